The average Bonchev–Trinajstić information content (AvgIpc) is 3.37. The Bertz CT molecular complexity index is 1960. The predicted octanol–water partition coefficient (Wildman–Crippen LogP) is 3.59. The molecule has 2 bridgehead atoms. The smallest absolute Gasteiger partial charge is 0.317 e. The molecule has 0 saturated carbocycles. The van der Waals surface area contributed by atoms with Gasteiger partial charge in [0, 0.05) is 68.9 Å². The number of carbonyl (C=O) groups excluding carboxylic acids is 2. The van der Waals surface area contributed by atoms with Gasteiger partial charge in [-0.15, -0.1) is 0 Å². The normalized spacial score (nSPS) is 38.6. The molecule has 0 radical (unpaired) electrons. The van der Waals surface area contributed by atoms with Gasteiger partial charge < -0.3 is 86.1 Å². The number of esters is 2. The molecular weight excluding hydrogens is 1040 g/mol. The number of nitrogens with one attached hydrogen (secondary N) is 1. The van der Waals surface area contributed by atoms with Crippen LogP contribution in [-0.4, -0.2) is 189 Å². The number of guanidine groups is 1. The van der Waals surface area contributed by atoms with Crippen LogP contribution < -0.4 is 5.73 Å². The van der Waals surface area contributed by atoms with Crippen LogP contribution in [0.1, 0.15) is 152 Å². The molecule has 15 N–H and O–H groups in total. The van der Waals surface area contributed by atoms with E-state index in [1.807, 2.05) is 19.9 Å². The molecule has 22 unspecified atom stereocenters. The summed E-state index contributed by atoms with van der Waals surface area (Å²) < 4.78 is 17.5. The van der Waals surface area contributed by atoms with E-state index >= 15 is 0 Å². The molecule has 22 atom stereocenters. The van der Waals surface area contributed by atoms with Crippen molar-refractivity contribution in [2.75, 3.05) is 13.6 Å². The van der Waals surface area contributed by atoms with Crippen LogP contribution in [0.5, 0.6) is 0 Å². The van der Waals surface area contributed by atoms with Crippen molar-refractivity contribution in [3.8, 4) is 0 Å². The highest BCUT2D eigenvalue weighted by Gasteiger charge is 2.50. The Labute approximate surface area is 474 Å². The van der Waals surface area contributed by atoms with Gasteiger partial charge in [0.25, 0.3) is 0 Å². The van der Waals surface area contributed by atoms with Crippen LogP contribution in [0, 0.1) is 52.8 Å². The summed E-state index contributed by atoms with van der Waals surface area (Å²) in [6, 6.07) is 0. The van der Waals surface area contributed by atoms with Crippen molar-refractivity contribution in [1.82, 2.24) is 4.90 Å². The van der Waals surface area contributed by atoms with E-state index in [0.717, 1.165) is 38.5 Å². The average molecular weight is 1140 g/mol. The summed E-state index contributed by atoms with van der Waals surface area (Å²) in [6.45, 7) is 14.8. The molecule has 1 fully saturated rings. The number of ether oxygens (including phenoxy) is 3. The third kappa shape index (κ3) is 25.3. The van der Waals surface area contributed by atoms with Gasteiger partial charge in [-0.1, -0.05) is 103 Å². The van der Waals surface area contributed by atoms with E-state index in [2.05, 4.69) is 19.1 Å². The Balaban J connectivity index is 2.44. The summed E-state index contributed by atoms with van der Waals surface area (Å²) in [5.41, 5.74) is 5.52. The van der Waals surface area contributed by atoms with Crippen LogP contribution >= 0.6 is 0 Å². The van der Waals surface area contributed by atoms with Crippen molar-refractivity contribution in [3.05, 3.63) is 48.6 Å². The van der Waals surface area contributed by atoms with Gasteiger partial charge in [-0.3, -0.25) is 19.8 Å². The summed E-state index contributed by atoms with van der Waals surface area (Å²) in [4.78, 5) is 39.5. The largest absolute Gasteiger partial charge is 0.481 e. The number of nitrogens with two attached hydrogens (primary N) is 1. The minimum absolute atomic E-state index is 0.0290. The number of hydrogen-bond acceptors (Lipinski definition) is 18. The lowest BCUT2D eigenvalue weighted by Crippen LogP contribution is -2.59. The Hall–Kier alpha value is -3.84. The van der Waals surface area contributed by atoms with Gasteiger partial charge in [0.1, 0.15) is 24.7 Å². The maximum atomic E-state index is 13.9. The molecule has 0 aromatic heterocycles. The standard InChI is InChI=1S/C59H103N3O18/c1-34(19-14-12-10-11-13-17-26-62(9)58(60)61)27-37(4)55-36(3)20-15-16-22-46(65)38(5)49(68)29-43(64)28-44(78-52(72)32-51(70)71)30-45-31-50(69)56(75)59(77,80-45)33-42(63)21-18-23-47(66)39(6)54(74)41(8)53(73)35(2)24-25-48(67)40(7)57(76)79-55/h10-11,15-16,20,22,24-25,34-50,53-56,63-69,73-75,77H,12-14,17-19,21,23,26-33H2,1-9H3,(H3,60,61)(H,70,71)/b11-10+,20-15-,22-16-,25-24-. The number of carboxylic acid groups (broad SMARTS) is 1. The van der Waals surface area contributed by atoms with Crippen LogP contribution in [0.25, 0.3) is 0 Å². The van der Waals surface area contributed by atoms with Crippen molar-refractivity contribution in [2.24, 2.45) is 53.1 Å². The number of aliphatic hydroxyl groups is 11. The lowest BCUT2D eigenvalue weighted by atomic mass is 9.81. The molecule has 1 saturated heterocycles. The molecule has 21 nitrogen and oxygen atoms in total. The number of rotatable bonds is 14. The molecular formula is C59H103N3O18. The third-order valence-corrected chi connectivity index (χ3v) is 16.3. The number of allylic oxidation sites excluding steroid dienone is 4. The van der Waals surface area contributed by atoms with E-state index in [1.165, 1.54) is 12.2 Å². The first-order valence-electron chi connectivity index (χ1n) is 28.9. The van der Waals surface area contributed by atoms with E-state index < -0.39 is 145 Å². The third-order valence-electron chi connectivity index (χ3n) is 16.3. The minimum atomic E-state index is -2.53. The van der Waals surface area contributed by atoms with Gasteiger partial charge in [-0.05, 0) is 76.5 Å². The maximum Gasteiger partial charge on any atom is 0.317 e. The first-order chi connectivity index (χ1) is 37.4. The molecule has 0 amide bonds. The highest BCUT2D eigenvalue weighted by atomic mass is 16.7. The Morgan fingerprint density at radius 2 is 1.41 bits per heavy atom. The lowest BCUT2D eigenvalue weighted by Gasteiger charge is -2.45. The molecule has 2 aliphatic heterocycles. The molecule has 0 aromatic rings. The fourth-order valence-electron chi connectivity index (χ4n) is 10.7. The second-order valence-electron chi connectivity index (χ2n) is 23.6. The molecule has 2 aliphatic rings. The molecule has 2 heterocycles. The van der Waals surface area contributed by atoms with Gasteiger partial charge >= 0.3 is 17.9 Å². The number of unbranched alkanes of at least 4 members (excludes halogenated alkanes) is 2. The number of cyclic esters (lactones) is 1. The predicted molar refractivity (Wildman–Crippen MR) is 301 cm³/mol. The molecule has 2 rings (SSSR count). The van der Waals surface area contributed by atoms with Crippen LogP contribution in [-0.2, 0) is 28.6 Å². The van der Waals surface area contributed by atoms with E-state index in [1.54, 1.807) is 64.8 Å². The molecule has 462 valence electrons. The fourth-order valence-corrected chi connectivity index (χ4v) is 10.7. The highest BCUT2D eigenvalue weighted by molar-refractivity contribution is 5.90. The summed E-state index contributed by atoms with van der Waals surface area (Å²) in [5, 5.41) is 140. The second-order valence-corrected chi connectivity index (χ2v) is 23.6. The van der Waals surface area contributed by atoms with E-state index in [-0.39, 0.29) is 68.7 Å². The van der Waals surface area contributed by atoms with Crippen molar-refractivity contribution >= 4 is 23.9 Å². The topological polar surface area (TPSA) is 375 Å². The summed E-state index contributed by atoms with van der Waals surface area (Å²) in [5.74, 6) is -10.00. The maximum absolute atomic E-state index is 13.9. The number of nitrogens with zero attached hydrogens (tertiary/aromatic N) is 1. The lowest BCUT2D eigenvalue weighted by molar-refractivity contribution is -0.332. The zero-order valence-electron chi connectivity index (χ0n) is 48.9. The Kier molecular flexibility index (Phi) is 32.5. The summed E-state index contributed by atoms with van der Waals surface area (Å²) in [7, 11) is 1.79. The molecule has 0 spiro atoms. The van der Waals surface area contributed by atoms with Crippen molar-refractivity contribution in [2.45, 2.75) is 237 Å². The first kappa shape index (κ1) is 72.3. The first-order valence-corrected chi connectivity index (χ1v) is 28.9. The number of aliphatic hydroxyl groups excluding tert-OH is 10. The van der Waals surface area contributed by atoms with Crippen molar-refractivity contribution < 1.29 is 89.9 Å². The molecule has 80 heavy (non-hydrogen) atoms. The summed E-state index contributed by atoms with van der Waals surface area (Å²) in [6.07, 6.45) is -0.251. The van der Waals surface area contributed by atoms with Crippen molar-refractivity contribution in [3.63, 3.8) is 0 Å². The van der Waals surface area contributed by atoms with Gasteiger partial charge in [0.15, 0.2) is 11.7 Å². The quantitative estimate of drug-likeness (QED) is 0.0295. The zero-order chi connectivity index (χ0) is 60.6. The second kappa shape index (κ2) is 36.0. The van der Waals surface area contributed by atoms with E-state index in [4.69, 9.17) is 25.4 Å². The highest BCUT2D eigenvalue weighted by Crippen LogP contribution is 2.36. The van der Waals surface area contributed by atoms with Crippen LogP contribution in [0.2, 0.25) is 0 Å². The van der Waals surface area contributed by atoms with Crippen molar-refractivity contribution in [1.29, 1.82) is 5.41 Å². The number of carbonyl (C=O) groups is 3. The van der Waals surface area contributed by atoms with Gasteiger partial charge in [-0.2, -0.15) is 0 Å². The molecule has 0 aromatic carbocycles. The number of carboxylic acids is 1. The van der Waals surface area contributed by atoms with Gasteiger partial charge in [-0.25, -0.2) is 0 Å². The zero-order valence-corrected chi connectivity index (χ0v) is 48.9. The van der Waals surface area contributed by atoms with Gasteiger partial charge in [0.05, 0.1) is 67.0 Å². The Morgan fingerprint density at radius 1 is 0.775 bits per heavy atom. The SMILES string of the molecule is CC(CCC/C=C/CCCN(C)C(=N)N)CC(C)C1OC(=O)C(C)C(O)/C=C\C(C)C(O)C(C)C(O)C(C)C(O)CCCC(O)CC2(O)OC(CC(OC(=O)CC(=O)O)CC(O)CC(O)C(C)C(O)/C=C\C=C/C1C)CC(O)C2O. The molecule has 21 heteroatoms. The van der Waals surface area contributed by atoms with E-state index in [0.29, 0.717) is 6.54 Å². The summed E-state index contributed by atoms with van der Waals surface area (Å²) >= 11 is 0. The fraction of sp³-hybridized carbons (Fsp3) is 0.797. The van der Waals surface area contributed by atoms with Gasteiger partial charge in [0.2, 0.25) is 0 Å². The number of fused-ring (bicyclic) bond motifs is 2. The van der Waals surface area contributed by atoms with Crippen LogP contribution in [0.4, 0.5) is 0 Å². The monoisotopic (exact) mass is 1140 g/mol. The molecule has 0 aliphatic carbocycles. The van der Waals surface area contributed by atoms with E-state index in [9.17, 15) is 75.7 Å². The van der Waals surface area contributed by atoms with Crippen LogP contribution in [0.15, 0.2) is 48.6 Å². The minimum Gasteiger partial charge on any atom is -0.481 e. The van der Waals surface area contributed by atoms with Crippen LogP contribution in [0.3, 0.4) is 0 Å². The number of hydrogen-bond donors (Lipinski definition) is 14. The number of aliphatic carboxylic acids is 1. The Morgan fingerprint density at radius 3 is 2.05 bits per heavy atom.